The predicted octanol–water partition coefficient (Wildman–Crippen LogP) is 2.57. The van der Waals surface area contributed by atoms with Crippen LogP contribution in [0.5, 0.6) is 0 Å². The molecule has 0 aromatic carbocycles. The Bertz CT molecular complexity index is 347. The summed E-state index contributed by atoms with van der Waals surface area (Å²) in [5.41, 5.74) is 0. The molecule has 1 heterocycles. The summed E-state index contributed by atoms with van der Waals surface area (Å²) >= 11 is 0. The van der Waals surface area contributed by atoms with Gasteiger partial charge in [0.15, 0.2) is 0 Å². The van der Waals surface area contributed by atoms with Crippen LogP contribution in [0.1, 0.15) is 57.7 Å². The summed E-state index contributed by atoms with van der Waals surface area (Å²) in [7, 11) is 0. The molecule has 1 saturated carbocycles. The Morgan fingerprint density at radius 2 is 2.22 bits per heavy atom. The fraction of sp³-hybridized carbons (Fsp3) is 0.857. The molecule has 1 N–H and O–H groups in total. The van der Waals surface area contributed by atoms with Gasteiger partial charge in [0.25, 0.3) is 0 Å². The molecule has 102 valence electrons. The zero-order valence-corrected chi connectivity index (χ0v) is 11.7. The van der Waals surface area contributed by atoms with Crippen LogP contribution < -0.4 is 5.32 Å². The molecule has 1 aromatic rings. The third-order valence-corrected chi connectivity index (χ3v) is 3.90. The first kappa shape index (κ1) is 13.5. The van der Waals surface area contributed by atoms with Crippen LogP contribution in [-0.2, 0) is 6.54 Å². The number of hydrogen-bond acceptors (Lipinski definition) is 3. The van der Waals surface area contributed by atoms with Crippen molar-refractivity contribution in [1.82, 2.24) is 20.1 Å². The molecule has 0 saturated heterocycles. The van der Waals surface area contributed by atoms with E-state index in [4.69, 9.17) is 0 Å². The number of rotatable bonds is 7. The van der Waals surface area contributed by atoms with Gasteiger partial charge in [-0.25, -0.2) is 9.67 Å². The van der Waals surface area contributed by atoms with Gasteiger partial charge in [-0.15, -0.1) is 0 Å². The van der Waals surface area contributed by atoms with Gasteiger partial charge < -0.3 is 5.32 Å². The molecular formula is C14H26N4. The zero-order valence-electron chi connectivity index (χ0n) is 11.7. The Balaban J connectivity index is 1.99. The molecular weight excluding hydrogens is 224 g/mol. The summed E-state index contributed by atoms with van der Waals surface area (Å²) in [4.78, 5) is 4.52. The van der Waals surface area contributed by atoms with E-state index < -0.39 is 0 Å². The summed E-state index contributed by atoms with van der Waals surface area (Å²) in [5.74, 6) is 2.58. The Morgan fingerprint density at radius 3 is 3.00 bits per heavy atom. The van der Waals surface area contributed by atoms with Crippen molar-refractivity contribution in [3.63, 3.8) is 0 Å². The highest BCUT2D eigenvalue weighted by Gasteiger charge is 2.31. The SMILES string of the molecule is CCCNCC1CCCC1c1ncnn1CCC. The van der Waals surface area contributed by atoms with E-state index in [-0.39, 0.29) is 0 Å². The number of nitrogens with one attached hydrogen (secondary N) is 1. The molecule has 0 aliphatic heterocycles. The predicted molar refractivity (Wildman–Crippen MR) is 73.6 cm³/mol. The van der Waals surface area contributed by atoms with E-state index in [1.165, 1.54) is 31.5 Å². The smallest absolute Gasteiger partial charge is 0.138 e. The van der Waals surface area contributed by atoms with E-state index in [1.54, 1.807) is 6.33 Å². The molecule has 1 fully saturated rings. The lowest BCUT2D eigenvalue weighted by Crippen LogP contribution is -2.26. The summed E-state index contributed by atoms with van der Waals surface area (Å²) in [5, 5.41) is 7.93. The van der Waals surface area contributed by atoms with E-state index in [0.29, 0.717) is 5.92 Å². The van der Waals surface area contributed by atoms with Crippen molar-refractivity contribution in [2.24, 2.45) is 5.92 Å². The molecule has 0 spiro atoms. The molecule has 4 heteroatoms. The third kappa shape index (κ3) is 3.10. The van der Waals surface area contributed by atoms with Crippen molar-refractivity contribution in [2.45, 2.75) is 58.4 Å². The molecule has 0 amide bonds. The average Bonchev–Trinajstić information content (AvgIpc) is 2.98. The molecule has 2 unspecified atom stereocenters. The maximum Gasteiger partial charge on any atom is 0.138 e. The second-order valence-electron chi connectivity index (χ2n) is 5.34. The van der Waals surface area contributed by atoms with Crippen LogP contribution in [0.15, 0.2) is 6.33 Å². The molecule has 0 bridgehead atoms. The van der Waals surface area contributed by atoms with Gasteiger partial charge in [0.1, 0.15) is 12.2 Å². The lowest BCUT2D eigenvalue weighted by atomic mass is 9.95. The largest absolute Gasteiger partial charge is 0.316 e. The van der Waals surface area contributed by atoms with Crippen LogP contribution in [0.2, 0.25) is 0 Å². The number of hydrogen-bond donors (Lipinski definition) is 1. The molecule has 2 atom stereocenters. The van der Waals surface area contributed by atoms with Crippen LogP contribution in [0.3, 0.4) is 0 Å². The van der Waals surface area contributed by atoms with Crippen molar-refractivity contribution in [1.29, 1.82) is 0 Å². The molecule has 1 aliphatic carbocycles. The fourth-order valence-corrected chi connectivity index (χ4v) is 3.03. The summed E-state index contributed by atoms with van der Waals surface area (Å²) in [6.45, 7) is 7.68. The minimum Gasteiger partial charge on any atom is -0.316 e. The second kappa shape index (κ2) is 6.88. The lowest BCUT2D eigenvalue weighted by Gasteiger charge is -2.20. The Hall–Kier alpha value is -0.900. The van der Waals surface area contributed by atoms with Crippen LogP contribution in [0.25, 0.3) is 0 Å². The van der Waals surface area contributed by atoms with E-state index in [2.05, 4.69) is 33.9 Å². The Morgan fingerprint density at radius 1 is 1.33 bits per heavy atom. The van der Waals surface area contributed by atoms with Gasteiger partial charge in [0.05, 0.1) is 0 Å². The van der Waals surface area contributed by atoms with Crippen LogP contribution in [0.4, 0.5) is 0 Å². The number of aromatic nitrogens is 3. The van der Waals surface area contributed by atoms with E-state index >= 15 is 0 Å². The van der Waals surface area contributed by atoms with Gasteiger partial charge in [-0.1, -0.05) is 20.3 Å². The average molecular weight is 250 g/mol. The van der Waals surface area contributed by atoms with E-state index in [9.17, 15) is 0 Å². The molecule has 2 rings (SSSR count). The van der Waals surface area contributed by atoms with Gasteiger partial charge in [-0.3, -0.25) is 0 Å². The van der Waals surface area contributed by atoms with Crippen LogP contribution in [-0.4, -0.2) is 27.9 Å². The van der Waals surface area contributed by atoms with Gasteiger partial charge in [-0.2, -0.15) is 5.10 Å². The van der Waals surface area contributed by atoms with Crippen molar-refractivity contribution in [3.05, 3.63) is 12.2 Å². The first-order chi connectivity index (χ1) is 8.86. The van der Waals surface area contributed by atoms with Gasteiger partial charge >= 0.3 is 0 Å². The minimum absolute atomic E-state index is 0.614. The third-order valence-electron chi connectivity index (χ3n) is 3.90. The number of aryl methyl sites for hydroxylation is 1. The minimum atomic E-state index is 0.614. The Labute approximate surface area is 110 Å². The van der Waals surface area contributed by atoms with Crippen LogP contribution >= 0.6 is 0 Å². The highest BCUT2D eigenvalue weighted by Crippen LogP contribution is 2.38. The quantitative estimate of drug-likeness (QED) is 0.756. The van der Waals surface area contributed by atoms with Crippen molar-refractivity contribution in [2.75, 3.05) is 13.1 Å². The topological polar surface area (TPSA) is 42.7 Å². The summed E-state index contributed by atoms with van der Waals surface area (Å²) in [6.07, 6.45) is 8.01. The molecule has 18 heavy (non-hydrogen) atoms. The Kier molecular flexibility index (Phi) is 5.17. The van der Waals surface area contributed by atoms with Gasteiger partial charge in [-0.05, 0) is 44.7 Å². The molecule has 1 aliphatic rings. The monoisotopic (exact) mass is 250 g/mol. The molecule has 1 aromatic heterocycles. The lowest BCUT2D eigenvalue weighted by molar-refractivity contribution is 0.411. The first-order valence-electron chi connectivity index (χ1n) is 7.45. The second-order valence-corrected chi connectivity index (χ2v) is 5.34. The normalized spacial score (nSPS) is 23.7. The highest BCUT2D eigenvalue weighted by molar-refractivity contribution is 5.02. The van der Waals surface area contributed by atoms with Gasteiger partial charge in [0, 0.05) is 12.5 Å². The van der Waals surface area contributed by atoms with Crippen molar-refractivity contribution in [3.8, 4) is 0 Å². The number of nitrogens with zero attached hydrogens (tertiary/aromatic N) is 3. The standard InChI is InChI=1S/C14H26N4/c1-3-8-15-10-12-6-5-7-13(12)14-16-11-17-18(14)9-4-2/h11-13,15H,3-10H2,1-2H3. The fourth-order valence-electron chi connectivity index (χ4n) is 3.03. The van der Waals surface area contributed by atoms with Crippen molar-refractivity contribution < 1.29 is 0 Å². The maximum absolute atomic E-state index is 4.52. The molecule has 4 nitrogen and oxygen atoms in total. The van der Waals surface area contributed by atoms with Crippen LogP contribution in [0, 0.1) is 5.92 Å². The summed E-state index contributed by atoms with van der Waals surface area (Å²) in [6, 6.07) is 0. The molecule has 0 radical (unpaired) electrons. The van der Waals surface area contributed by atoms with Crippen molar-refractivity contribution >= 4 is 0 Å². The first-order valence-corrected chi connectivity index (χ1v) is 7.45. The van der Waals surface area contributed by atoms with Gasteiger partial charge in [0.2, 0.25) is 0 Å². The highest BCUT2D eigenvalue weighted by atomic mass is 15.3. The van der Waals surface area contributed by atoms with E-state index in [1.807, 2.05) is 0 Å². The van der Waals surface area contributed by atoms with E-state index in [0.717, 1.165) is 32.0 Å². The zero-order chi connectivity index (χ0) is 12.8. The summed E-state index contributed by atoms with van der Waals surface area (Å²) < 4.78 is 2.11. The maximum atomic E-state index is 4.52.